The predicted octanol–water partition coefficient (Wildman–Crippen LogP) is 3.95. The Morgan fingerprint density at radius 3 is 2.24 bits per heavy atom. The molecule has 0 spiro atoms. The van der Waals surface area contributed by atoms with Crippen molar-refractivity contribution in [3.63, 3.8) is 0 Å². The molecule has 0 bridgehead atoms. The summed E-state index contributed by atoms with van der Waals surface area (Å²) in [7, 11) is 1.72. The minimum absolute atomic E-state index is 0.157. The molecule has 33 heavy (non-hydrogen) atoms. The smallest absolute Gasteiger partial charge is 0.408 e. The van der Waals surface area contributed by atoms with Crippen molar-refractivity contribution in [3.05, 3.63) is 35.9 Å². The van der Waals surface area contributed by atoms with E-state index in [2.05, 4.69) is 16.0 Å². The molecule has 1 aromatic carbocycles. The molecule has 8 heteroatoms. The molecule has 4 amide bonds. The van der Waals surface area contributed by atoms with Gasteiger partial charge in [0.1, 0.15) is 5.60 Å². The number of ether oxygens (including phenoxy) is 1. The summed E-state index contributed by atoms with van der Waals surface area (Å²) in [5.74, 6) is -0.157. The van der Waals surface area contributed by atoms with Crippen LogP contribution in [-0.4, -0.2) is 54.2 Å². The van der Waals surface area contributed by atoms with Crippen molar-refractivity contribution in [2.45, 2.75) is 83.4 Å². The summed E-state index contributed by atoms with van der Waals surface area (Å²) in [4.78, 5) is 38.7. The third-order valence-electron chi connectivity index (χ3n) is 5.69. The SMILES string of the molecule is CN(Cc1ccccc1)C(=O)NCCC(=O)NCC1(NC(=O)OC(C)(C)C)CCCCCC1. The van der Waals surface area contributed by atoms with Gasteiger partial charge < -0.3 is 25.6 Å². The predicted molar refractivity (Wildman–Crippen MR) is 129 cm³/mol. The molecule has 3 N–H and O–H groups in total. The third-order valence-corrected chi connectivity index (χ3v) is 5.69. The zero-order valence-electron chi connectivity index (χ0n) is 20.5. The maximum Gasteiger partial charge on any atom is 0.408 e. The van der Waals surface area contributed by atoms with Gasteiger partial charge in [0.2, 0.25) is 5.91 Å². The van der Waals surface area contributed by atoms with Crippen molar-refractivity contribution >= 4 is 18.0 Å². The van der Waals surface area contributed by atoms with Crippen LogP contribution in [-0.2, 0) is 16.1 Å². The third kappa shape index (κ3) is 10.1. The Balaban J connectivity index is 1.79. The molecule has 0 radical (unpaired) electrons. The van der Waals surface area contributed by atoms with Crippen molar-refractivity contribution in [2.75, 3.05) is 20.1 Å². The van der Waals surface area contributed by atoms with E-state index < -0.39 is 17.2 Å². The van der Waals surface area contributed by atoms with E-state index in [9.17, 15) is 14.4 Å². The fourth-order valence-electron chi connectivity index (χ4n) is 3.97. The van der Waals surface area contributed by atoms with E-state index in [1.165, 1.54) is 0 Å². The highest BCUT2D eigenvalue weighted by Gasteiger charge is 2.34. The first-order chi connectivity index (χ1) is 15.6. The van der Waals surface area contributed by atoms with Gasteiger partial charge in [0, 0.05) is 33.1 Å². The van der Waals surface area contributed by atoms with Crippen LogP contribution in [0.15, 0.2) is 30.3 Å². The van der Waals surface area contributed by atoms with E-state index >= 15 is 0 Å². The van der Waals surface area contributed by atoms with E-state index in [0.29, 0.717) is 13.1 Å². The number of amides is 4. The van der Waals surface area contributed by atoms with Crippen molar-refractivity contribution in [1.82, 2.24) is 20.9 Å². The molecule has 1 fully saturated rings. The van der Waals surface area contributed by atoms with Crippen LogP contribution in [0.5, 0.6) is 0 Å². The average Bonchev–Trinajstić information content (AvgIpc) is 2.97. The maximum atomic E-state index is 12.5. The number of carbonyl (C=O) groups is 3. The van der Waals surface area contributed by atoms with Crippen LogP contribution < -0.4 is 16.0 Å². The Labute approximate surface area is 197 Å². The van der Waals surface area contributed by atoms with E-state index in [1.807, 2.05) is 51.1 Å². The lowest BCUT2D eigenvalue weighted by Crippen LogP contribution is -2.56. The van der Waals surface area contributed by atoms with E-state index in [1.54, 1.807) is 11.9 Å². The zero-order valence-corrected chi connectivity index (χ0v) is 20.5. The number of hydrogen-bond acceptors (Lipinski definition) is 4. The molecule has 0 atom stereocenters. The molecule has 1 aliphatic rings. The normalized spacial score (nSPS) is 15.6. The van der Waals surface area contributed by atoms with Crippen molar-refractivity contribution < 1.29 is 19.1 Å². The summed E-state index contributed by atoms with van der Waals surface area (Å²) in [6, 6.07) is 9.51. The van der Waals surface area contributed by atoms with Crippen LogP contribution in [0.2, 0.25) is 0 Å². The molecular weight excluding hydrogens is 420 g/mol. The van der Waals surface area contributed by atoms with Gasteiger partial charge in [-0.15, -0.1) is 0 Å². The summed E-state index contributed by atoms with van der Waals surface area (Å²) in [5.41, 5.74) is -0.0437. The summed E-state index contributed by atoms with van der Waals surface area (Å²) in [5, 5.41) is 8.79. The first kappa shape index (κ1) is 26.5. The number of alkyl carbamates (subject to hydrolysis) is 1. The number of urea groups is 1. The summed E-state index contributed by atoms with van der Waals surface area (Å²) >= 11 is 0. The number of nitrogens with one attached hydrogen (secondary N) is 3. The highest BCUT2D eigenvalue weighted by atomic mass is 16.6. The van der Waals surface area contributed by atoms with Gasteiger partial charge in [-0.3, -0.25) is 4.79 Å². The number of carbonyl (C=O) groups excluding carboxylic acids is 3. The van der Waals surface area contributed by atoms with Crippen LogP contribution in [0.3, 0.4) is 0 Å². The van der Waals surface area contributed by atoms with Gasteiger partial charge in [-0.1, -0.05) is 56.0 Å². The second-order valence-corrected chi connectivity index (χ2v) is 9.92. The second-order valence-electron chi connectivity index (χ2n) is 9.92. The Morgan fingerprint density at radius 2 is 1.64 bits per heavy atom. The lowest BCUT2D eigenvalue weighted by atomic mass is 9.90. The Morgan fingerprint density at radius 1 is 1.00 bits per heavy atom. The topological polar surface area (TPSA) is 99.8 Å². The quantitative estimate of drug-likeness (QED) is 0.512. The van der Waals surface area contributed by atoms with E-state index in [0.717, 1.165) is 44.1 Å². The molecule has 1 aliphatic carbocycles. The first-order valence-corrected chi connectivity index (χ1v) is 11.9. The van der Waals surface area contributed by atoms with Crippen LogP contribution in [0.1, 0.15) is 71.3 Å². The summed E-state index contributed by atoms with van der Waals surface area (Å²) in [6.07, 6.45) is 5.55. The van der Waals surface area contributed by atoms with Gasteiger partial charge in [0.15, 0.2) is 0 Å². The molecule has 0 saturated heterocycles. The minimum Gasteiger partial charge on any atom is -0.444 e. The van der Waals surface area contributed by atoms with E-state index in [-0.39, 0.29) is 24.9 Å². The molecule has 2 rings (SSSR count). The molecule has 0 aromatic heterocycles. The van der Waals surface area contributed by atoms with Crippen LogP contribution in [0.4, 0.5) is 9.59 Å². The monoisotopic (exact) mass is 460 g/mol. The number of hydrogen-bond donors (Lipinski definition) is 3. The standard InChI is InChI=1S/C25H40N4O4/c1-24(2,3)33-23(32)28-25(15-10-5-6-11-16-25)19-27-21(30)14-17-26-22(31)29(4)18-20-12-8-7-9-13-20/h7-9,12-13H,5-6,10-11,14-19H2,1-4H3,(H,26,31)(H,27,30)(H,28,32). The molecule has 184 valence electrons. The van der Waals surface area contributed by atoms with Crippen LogP contribution >= 0.6 is 0 Å². The zero-order chi connectivity index (χ0) is 24.3. The molecular formula is C25H40N4O4. The molecule has 0 heterocycles. The maximum absolute atomic E-state index is 12.5. The lowest BCUT2D eigenvalue weighted by Gasteiger charge is -2.35. The number of rotatable bonds is 8. The van der Waals surface area contributed by atoms with Gasteiger partial charge in [-0.25, -0.2) is 9.59 Å². The summed E-state index contributed by atoms with van der Waals surface area (Å²) < 4.78 is 5.45. The minimum atomic E-state index is -0.578. The largest absolute Gasteiger partial charge is 0.444 e. The van der Waals surface area contributed by atoms with Crippen LogP contribution in [0.25, 0.3) is 0 Å². The number of nitrogens with zero attached hydrogens (tertiary/aromatic N) is 1. The average molecular weight is 461 g/mol. The Kier molecular flexibility index (Phi) is 10.0. The van der Waals surface area contributed by atoms with Gasteiger partial charge in [-0.2, -0.15) is 0 Å². The Hall–Kier alpha value is -2.77. The fraction of sp³-hybridized carbons (Fsp3) is 0.640. The highest BCUT2D eigenvalue weighted by molar-refractivity contribution is 5.78. The second kappa shape index (κ2) is 12.5. The van der Waals surface area contributed by atoms with Gasteiger partial charge in [0.25, 0.3) is 0 Å². The highest BCUT2D eigenvalue weighted by Crippen LogP contribution is 2.27. The molecule has 1 saturated carbocycles. The van der Waals surface area contributed by atoms with Crippen molar-refractivity contribution in [1.29, 1.82) is 0 Å². The van der Waals surface area contributed by atoms with Crippen LogP contribution in [0, 0.1) is 0 Å². The van der Waals surface area contributed by atoms with Crippen molar-refractivity contribution in [2.24, 2.45) is 0 Å². The Bertz CT molecular complexity index is 768. The van der Waals surface area contributed by atoms with Gasteiger partial charge >= 0.3 is 12.1 Å². The lowest BCUT2D eigenvalue weighted by molar-refractivity contribution is -0.121. The fourth-order valence-corrected chi connectivity index (χ4v) is 3.97. The molecule has 1 aromatic rings. The van der Waals surface area contributed by atoms with Crippen molar-refractivity contribution in [3.8, 4) is 0 Å². The summed E-state index contributed by atoms with van der Waals surface area (Å²) in [6.45, 7) is 6.60. The van der Waals surface area contributed by atoms with Gasteiger partial charge in [-0.05, 0) is 39.2 Å². The van der Waals surface area contributed by atoms with Gasteiger partial charge in [0.05, 0.1) is 5.54 Å². The molecule has 8 nitrogen and oxygen atoms in total. The molecule has 0 aliphatic heterocycles. The first-order valence-electron chi connectivity index (χ1n) is 11.9. The number of benzene rings is 1. The molecule has 0 unspecified atom stereocenters. The van der Waals surface area contributed by atoms with E-state index in [4.69, 9.17) is 4.74 Å².